The highest BCUT2D eigenvalue weighted by atomic mass is 14.2. The topological polar surface area (TPSA) is 0 Å². The summed E-state index contributed by atoms with van der Waals surface area (Å²) in [5, 5.41) is 0. The van der Waals surface area contributed by atoms with Gasteiger partial charge < -0.3 is 0 Å². The van der Waals surface area contributed by atoms with E-state index in [4.69, 9.17) is 0 Å². The summed E-state index contributed by atoms with van der Waals surface area (Å²) in [6.07, 6.45) is 13.0. The first-order valence-electron chi connectivity index (χ1n) is 4.91. The third kappa shape index (κ3) is 3.06. The summed E-state index contributed by atoms with van der Waals surface area (Å²) in [5.41, 5.74) is 2.84. The Balaban J connectivity index is 2.84. The molecule has 0 spiro atoms. The molecular weight excluding hydrogens is 156 g/mol. The monoisotopic (exact) mass is 174 g/mol. The Morgan fingerprint density at radius 1 is 1.46 bits per heavy atom. The van der Waals surface area contributed by atoms with Gasteiger partial charge in [0.05, 0.1) is 0 Å². The van der Waals surface area contributed by atoms with Crippen LogP contribution in [0.1, 0.15) is 26.7 Å². The van der Waals surface area contributed by atoms with Gasteiger partial charge in [0.1, 0.15) is 0 Å². The smallest absolute Gasteiger partial charge is 0.0250 e. The molecule has 0 aliphatic heterocycles. The Kier molecular flexibility index (Phi) is 3.75. The third-order valence-corrected chi connectivity index (χ3v) is 2.25. The van der Waals surface area contributed by atoms with Crippen molar-refractivity contribution in [3.8, 4) is 0 Å². The SMILES string of the molecule is C=C/C=C1C=C(/C=C/C)CC(C)C/1. The summed E-state index contributed by atoms with van der Waals surface area (Å²) in [5.74, 6) is 0.766. The zero-order chi connectivity index (χ0) is 9.68. The van der Waals surface area contributed by atoms with Crippen molar-refractivity contribution >= 4 is 0 Å². The molecule has 0 radical (unpaired) electrons. The molecule has 1 unspecified atom stereocenters. The molecule has 0 saturated heterocycles. The van der Waals surface area contributed by atoms with Gasteiger partial charge in [-0.2, -0.15) is 0 Å². The van der Waals surface area contributed by atoms with E-state index in [2.05, 4.69) is 44.7 Å². The molecule has 0 heterocycles. The van der Waals surface area contributed by atoms with Crippen molar-refractivity contribution < 1.29 is 0 Å². The van der Waals surface area contributed by atoms with Gasteiger partial charge in [-0.1, -0.05) is 43.9 Å². The van der Waals surface area contributed by atoms with Crippen LogP contribution in [0.2, 0.25) is 0 Å². The van der Waals surface area contributed by atoms with Gasteiger partial charge in [-0.25, -0.2) is 0 Å². The van der Waals surface area contributed by atoms with Crippen LogP contribution in [0, 0.1) is 5.92 Å². The molecule has 0 saturated carbocycles. The number of hydrogen-bond acceptors (Lipinski definition) is 0. The Morgan fingerprint density at radius 3 is 2.85 bits per heavy atom. The van der Waals surface area contributed by atoms with E-state index in [1.54, 1.807) is 0 Å². The van der Waals surface area contributed by atoms with E-state index in [0.717, 1.165) is 5.92 Å². The zero-order valence-corrected chi connectivity index (χ0v) is 8.59. The van der Waals surface area contributed by atoms with E-state index in [9.17, 15) is 0 Å². The zero-order valence-electron chi connectivity index (χ0n) is 8.59. The first-order chi connectivity index (χ1) is 6.26. The Labute approximate surface area is 81.4 Å². The van der Waals surface area contributed by atoms with Crippen LogP contribution in [-0.4, -0.2) is 0 Å². The lowest BCUT2D eigenvalue weighted by molar-refractivity contribution is 0.566. The number of allylic oxidation sites excluding steroid dienone is 7. The molecule has 13 heavy (non-hydrogen) atoms. The van der Waals surface area contributed by atoms with E-state index in [0.29, 0.717) is 0 Å². The van der Waals surface area contributed by atoms with Gasteiger partial charge >= 0.3 is 0 Å². The van der Waals surface area contributed by atoms with Crippen LogP contribution in [0.25, 0.3) is 0 Å². The van der Waals surface area contributed by atoms with Gasteiger partial charge in [0.25, 0.3) is 0 Å². The van der Waals surface area contributed by atoms with Crippen molar-refractivity contribution in [1.29, 1.82) is 0 Å². The van der Waals surface area contributed by atoms with E-state index in [1.165, 1.54) is 24.0 Å². The highest BCUT2D eigenvalue weighted by Gasteiger charge is 2.11. The van der Waals surface area contributed by atoms with Crippen molar-refractivity contribution in [3.05, 3.63) is 48.1 Å². The molecule has 0 fully saturated rings. The molecule has 1 atom stereocenters. The minimum Gasteiger partial charge on any atom is -0.0991 e. The van der Waals surface area contributed by atoms with Crippen LogP contribution < -0.4 is 0 Å². The predicted molar refractivity (Wildman–Crippen MR) is 59.6 cm³/mol. The van der Waals surface area contributed by atoms with E-state index in [-0.39, 0.29) is 0 Å². The number of rotatable bonds is 2. The summed E-state index contributed by atoms with van der Waals surface area (Å²) in [7, 11) is 0. The lowest BCUT2D eigenvalue weighted by Gasteiger charge is -2.19. The molecule has 0 N–H and O–H groups in total. The van der Waals surface area contributed by atoms with E-state index >= 15 is 0 Å². The van der Waals surface area contributed by atoms with Crippen LogP contribution in [0.15, 0.2) is 48.1 Å². The normalized spacial score (nSPS) is 26.5. The second kappa shape index (κ2) is 4.86. The fraction of sp³-hybridized carbons (Fsp3) is 0.385. The minimum atomic E-state index is 0.766. The highest BCUT2D eigenvalue weighted by Crippen LogP contribution is 2.27. The Bertz CT molecular complexity index is 264. The molecule has 0 aromatic rings. The standard InChI is InChI=1S/C13H18/c1-4-6-12-8-11(3)9-13(10-12)7-5-2/h4-7,10-11H,1,8-9H2,2-3H3/b7-5+,12-6+. The van der Waals surface area contributed by atoms with Crippen LogP contribution in [-0.2, 0) is 0 Å². The van der Waals surface area contributed by atoms with E-state index < -0.39 is 0 Å². The third-order valence-electron chi connectivity index (χ3n) is 2.25. The van der Waals surface area contributed by atoms with Crippen LogP contribution in [0.5, 0.6) is 0 Å². The average Bonchev–Trinajstić information content (AvgIpc) is 2.04. The fourth-order valence-corrected chi connectivity index (χ4v) is 1.83. The summed E-state index contributed by atoms with van der Waals surface area (Å²) >= 11 is 0. The second-order valence-corrected chi connectivity index (χ2v) is 3.71. The second-order valence-electron chi connectivity index (χ2n) is 3.71. The van der Waals surface area contributed by atoms with Crippen molar-refractivity contribution in [2.24, 2.45) is 5.92 Å². The summed E-state index contributed by atoms with van der Waals surface area (Å²) in [6, 6.07) is 0. The first kappa shape index (κ1) is 10.0. The lowest BCUT2D eigenvalue weighted by Crippen LogP contribution is -2.03. The Morgan fingerprint density at radius 2 is 2.23 bits per heavy atom. The van der Waals surface area contributed by atoms with Gasteiger partial charge in [-0.05, 0) is 36.8 Å². The highest BCUT2D eigenvalue weighted by molar-refractivity contribution is 5.35. The molecular formula is C13H18. The first-order valence-corrected chi connectivity index (χ1v) is 4.91. The maximum absolute atomic E-state index is 3.73. The molecule has 0 heteroatoms. The maximum atomic E-state index is 3.73. The van der Waals surface area contributed by atoms with Crippen molar-refractivity contribution in [3.63, 3.8) is 0 Å². The fourth-order valence-electron chi connectivity index (χ4n) is 1.83. The quantitative estimate of drug-likeness (QED) is 0.593. The Hall–Kier alpha value is -1.04. The minimum absolute atomic E-state index is 0.766. The van der Waals surface area contributed by atoms with Gasteiger partial charge in [-0.15, -0.1) is 0 Å². The summed E-state index contributed by atoms with van der Waals surface area (Å²) < 4.78 is 0. The largest absolute Gasteiger partial charge is 0.0991 e. The van der Waals surface area contributed by atoms with Gasteiger partial charge in [0.15, 0.2) is 0 Å². The maximum Gasteiger partial charge on any atom is -0.0250 e. The molecule has 0 bridgehead atoms. The molecule has 1 aliphatic carbocycles. The summed E-state index contributed by atoms with van der Waals surface area (Å²) in [6.45, 7) is 8.09. The van der Waals surface area contributed by atoms with Crippen molar-refractivity contribution in [2.75, 3.05) is 0 Å². The van der Waals surface area contributed by atoms with Gasteiger partial charge in [0.2, 0.25) is 0 Å². The molecule has 1 aliphatic rings. The van der Waals surface area contributed by atoms with Crippen molar-refractivity contribution in [1.82, 2.24) is 0 Å². The van der Waals surface area contributed by atoms with Crippen molar-refractivity contribution in [2.45, 2.75) is 26.7 Å². The molecule has 0 aromatic carbocycles. The molecule has 0 aromatic heterocycles. The lowest BCUT2D eigenvalue weighted by atomic mass is 9.87. The van der Waals surface area contributed by atoms with Crippen LogP contribution >= 0.6 is 0 Å². The molecule has 1 rings (SSSR count). The molecule has 70 valence electrons. The summed E-state index contributed by atoms with van der Waals surface area (Å²) in [4.78, 5) is 0. The molecule has 0 amide bonds. The number of hydrogen-bond donors (Lipinski definition) is 0. The predicted octanol–water partition coefficient (Wildman–Crippen LogP) is 4.03. The average molecular weight is 174 g/mol. The van der Waals surface area contributed by atoms with Gasteiger partial charge in [-0.3, -0.25) is 0 Å². The molecule has 0 nitrogen and oxygen atoms in total. The van der Waals surface area contributed by atoms with E-state index in [1.807, 2.05) is 6.08 Å². The van der Waals surface area contributed by atoms with Crippen LogP contribution in [0.3, 0.4) is 0 Å². The van der Waals surface area contributed by atoms with Gasteiger partial charge in [0, 0.05) is 0 Å². The van der Waals surface area contributed by atoms with Crippen LogP contribution in [0.4, 0.5) is 0 Å².